The normalized spacial score (nSPS) is 30.0. The number of rotatable bonds is 6. The standard InChI is InChI=1S/C13H27NOS/c1-4-11-6-5-7-12(8-11)14-9-13(2,15)10-16-3/h11-12,14-15H,4-10H2,1-3H3. The lowest BCUT2D eigenvalue weighted by atomic mass is 9.84. The topological polar surface area (TPSA) is 32.3 Å². The van der Waals surface area contributed by atoms with E-state index in [2.05, 4.69) is 12.2 Å². The van der Waals surface area contributed by atoms with Crippen LogP contribution in [-0.4, -0.2) is 35.3 Å². The molecule has 3 unspecified atom stereocenters. The van der Waals surface area contributed by atoms with E-state index in [0.29, 0.717) is 6.04 Å². The van der Waals surface area contributed by atoms with Crippen molar-refractivity contribution < 1.29 is 5.11 Å². The minimum Gasteiger partial charge on any atom is -0.388 e. The highest BCUT2D eigenvalue weighted by molar-refractivity contribution is 7.98. The summed E-state index contributed by atoms with van der Waals surface area (Å²) in [4.78, 5) is 0. The Hall–Kier alpha value is 0.270. The van der Waals surface area contributed by atoms with Crippen molar-refractivity contribution in [2.75, 3.05) is 18.6 Å². The molecular formula is C13H27NOS. The summed E-state index contributed by atoms with van der Waals surface area (Å²) in [5.74, 6) is 1.71. The average molecular weight is 245 g/mol. The van der Waals surface area contributed by atoms with Gasteiger partial charge in [0.25, 0.3) is 0 Å². The number of hydrogen-bond donors (Lipinski definition) is 2. The molecular weight excluding hydrogens is 218 g/mol. The average Bonchev–Trinajstić information content (AvgIpc) is 2.27. The molecule has 1 aliphatic carbocycles. The van der Waals surface area contributed by atoms with Crippen LogP contribution in [0, 0.1) is 5.92 Å². The van der Waals surface area contributed by atoms with Crippen molar-refractivity contribution in [3.63, 3.8) is 0 Å². The third-order valence-corrected chi connectivity index (χ3v) is 4.50. The summed E-state index contributed by atoms with van der Waals surface area (Å²) < 4.78 is 0. The van der Waals surface area contributed by atoms with Crippen molar-refractivity contribution in [3.05, 3.63) is 0 Å². The fraction of sp³-hybridized carbons (Fsp3) is 1.00. The zero-order valence-corrected chi connectivity index (χ0v) is 11.8. The minimum absolute atomic E-state index is 0.557. The van der Waals surface area contributed by atoms with Gasteiger partial charge in [-0.05, 0) is 31.9 Å². The van der Waals surface area contributed by atoms with Gasteiger partial charge in [0.05, 0.1) is 5.60 Å². The zero-order chi connectivity index (χ0) is 12.0. The van der Waals surface area contributed by atoms with E-state index in [1.807, 2.05) is 13.2 Å². The van der Waals surface area contributed by atoms with E-state index in [1.165, 1.54) is 32.1 Å². The number of thioether (sulfide) groups is 1. The summed E-state index contributed by atoms with van der Waals surface area (Å²) in [6.07, 6.45) is 8.68. The quantitative estimate of drug-likeness (QED) is 0.754. The van der Waals surface area contributed by atoms with Crippen molar-refractivity contribution >= 4 is 11.8 Å². The SMILES string of the molecule is CCC1CCCC(NCC(C)(O)CSC)C1. The van der Waals surface area contributed by atoms with E-state index in [1.54, 1.807) is 11.8 Å². The van der Waals surface area contributed by atoms with Gasteiger partial charge < -0.3 is 10.4 Å². The van der Waals surface area contributed by atoms with Gasteiger partial charge in [-0.15, -0.1) is 0 Å². The van der Waals surface area contributed by atoms with E-state index < -0.39 is 5.60 Å². The maximum Gasteiger partial charge on any atom is 0.0833 e. The molecule has 96 valence electrons. The molecule has 0 bridgehead atoms. The third kappa shape index (κ3) is 5.07. The predicted molar refractivity (Wildman–Crippen MR) is 73.0 cm³/mol. The number of hydrogen-bond acceptors (Lipinski definition) is 3. The van der Waals surface area contributed by atoms with Gasteiger partial charge in [-0.3, -0.25) is 0 Å². The second-order valence-corrected chi connectivity index (χ2v) is 6.31. The maximum absolute atomic E-state index is 10.1. The molecule has 0 heterocycles. The van der Waals surface area contributed by atoms with Crippen LogP contribution in [0.1, 0.15) is 46.0 Å². The molecule has 3 atom stereocenters. The van der Waals surface area contributed by atoms with Crippen LogP contribution in [0.25, 0.3) is 0 Å². The van der Waals surface area contributed by atoms with Crippen molar-refractivity contribution in [3.8, 4) is 0 Å². The van der Waals surface area contributed by atoms with Crippen LogP contribution in [0.15, 0.2) is 0 Å². The summed E-state index contributed by atoms with van der Waals surface area (Å²) in [5.41, 5.74) is -0.557. The van der Waals surface area contributed by atoms with Crippen LogP contribution >= 0.6 is 11.8 Å². The highest BCUT2D eigenvalue weighted by atomic mass is 32.2. The van der Waals surface area contributed by atoms with E-state index in [0.717, 1.165) is 18.2 Å². The van der Waals surface area contributed by atoms with Gasteiger partial charge in [0.15, 0.2) is 0 Å². The number of aliphatic hydroxyl groups is 1. The van der Waals surface area contributed by atoms with Crippen LogP contribution in [0.4, 0.5) is 0 Å². The Morgan fingerprint density at radius 1 is 1.44 bits per heavy atom. The van der Waals surface area contributed by atoms with E-state index in [-0.39, 0.29) is 0 Å². The molecule has 0 aromatic carbocycles. The summed E-state index contributed by atoms with van der Waals surface area (Å²) >= 11 is 1.71. The Bertz CT molecular complexity index is 196. The lowest BCUT2D eigenvalue weighted by molar-refractivity contribution is 0.0777. The largest absolute Gasteiger partial charge is 0.388 e. The molecule has 1 rings (SSSR count). The van der Waals surface area contributed by atoms with Gasteiger partial charge in [-0.1, -0.05) is 26.2 Å². The smallest absolute Gasteiger partial charge is 0.0833 e. The first-order valence-corrected chi connectivity index (χ1v) is 7.91. The molecule has 0 aromatic heterocycles. The molecule has 1 aliphatic rings. The minimum atomic E-state index is -0.557. The van der Waals surface area contributed by atoms with E-state index in [4.69, 9.17) is 0 Å². The Morgan fingerprint density at radius 3 is 2.81 bits per heavy atom. The lowest BCUT2D eigenvalue weighted by Gasteiger charge is -2.32. The lowest BCUT2D eigenvalue weighted by Crippen LogP contribution is -2.45. The summed E-state index contributed by atoms with van der Waals surface area (Å²) in [6, 6.07) is 0.632. The van der Waals surface area contributed by atoms with Crippen LogP contribution in [0.2, 0.25) is 0 Å². The molecule has 0 aromatic rings. The molecule has 16 heavy (non-hydrogen) atoms. The van der Waals surface area contributed by atoms with Gasteiger partial charge in [0.2, 0.25) is 0 Å². The Morgan fingerprint density at radius 2 is 2.19 bits per heavy atom. The predicted octanol–water partition coefficient (Wildman–Crippen LogP) is 2.66. The molecule has 2 N–H and O–H groups in total. The van der Waals surface area contributed by atoms with Crippen LogP contribution in [-0.2, 0) is 0 Å². The zero-order valence-electron chi connectivity index (χ0n) is 11.0. The van der Waals surface area contributed by atoms with Crippen molar-refractivity contribution in [1.29, 1.82) is 0 Å². The van der Waals surface area contributed by atoms with Crippen LogP contribution < -0.4 is 5.32 Å². The van der Waals surface area contributed by atoms with E-state index in [9.17, 15) is 5.11 Å². The van der Waals surface area contributed by atoms with Gasteiger partial charge in [-0.25, -0.2) is 0 Å². The molecule has 0 saturated heterocycles. The molecule has 0 amide bonds. The Kier molecular flexibility index (Phi) is 6.16. The van der Waals surface area contributed by atoms with E-state index >= 15 is 0 Å². The highest BCUT2D eigenvalue weighted by Crippen LogP contribution is 2.26. The monoisotopic (exact) mass is 245 g/mol. The Labute approximate surface area is 105 Å². The van der Waals surface area contributed by atoms with Gasteiger partial charge >= 0.3 is 0 Å². The Balaban J connectivity index is 2.26. The second-order valence-electron chi connectivity index (χ2n) is 5.45. The van der Waals surface area contributed by atoms with Gasteiger partial charge in [0.1, 0.15) is 0 Å². The number of nitrogens with one attached hydrogen (secondary N) is 1. The first-order valence-electron chi connectivity index (χ1n) is 6.52. The second kappa shape index (κ2) is 6.87. The molecule has 3 heteroatoms. The molecule has 0 radical (unpaired) electrons. The van der Waals surface area contributed by atoms with Gasteiger partial charge in [-0.2, -0.15) is 11.8 Å². The van der Waals surface area contributed by atoms with Crippen molar-refractivity contribution in [2.45, 2.75) is 57.6 Å². The summed E-state index contributed by atoms with van der Waals surface area (Å²) in [5, 5.41) is 13.6. The molecule has 2 nitrogen and oxygen atoms in total. The third-order valence-electron chi connectivity index (χ3n) is 3.59. The highest BCUT2D eigenvalue weighted by Gasteiger charge is 2.24. The fourth-order valence-electron chi connectivity index (χ4n) is 2.57. The molecule has 1 saturated carbocycles. The molecule has 0 aliphatic heterocycles. The fourth-order valence-corrected chi connectivity index (χ4v) is 3.30. The summed E-state index contributed by atoms with van der Waals surface area (Å²) in [6.45, 7) is 4.95. The molecule has 1 fully saturated rings. The van der Waals surface area contributed by atoms with Crippen LogP contribution in [0.3, 0.4) is 0 Å². The van der Waals surface area contributed by atoms with Crippen molar-refractivity contribution in [2.24, 2.45) is 5.92 Å². The first kappa shape index (κ1) is 14.3. The summed E-state index contributed by atoms with van der Waals surface area (Å²) in [7, 11) is 0. The van der Waals surface area contributed by atoms with Gasteiger partial charge in [0, 0.05) is 18.3 Å². The molecule has 0 spiro atoms. The first-order chi connectivity index (χ1) is 7.57. The van der Waals surface area contributed by atoms with Crippen LogP contribution in [0.5, 0.6) is 0 Å². The maximum atomic E-state index is 10.1. The van der Waals surface area contributed by atoms with Crippen molar-refractivity contribution in [1.82, 2.24) is 5.32 Å².